The van der Waals surface area contributed by atoms with E-state index in [-0.39, 0.29) is 5.91 Å². The summed E-state index contributed by atoms with van der Waals surface area (Å²) < 4.78 is 5.76. The summed E-state index contributed by atoms with van der Waals surface area (Å²) in [4.78, 5) is 11.2. The highest BCUT2D eigenvalue weighted by molar-refractivity contribution is 5.86. The summed E-state index contributed by atoms with van der Waals surface area (Å²) in [6.45, 7) is 8.76. The molecule has 0 spiro atoms. The van der Waals surface area contributed by atoms with E-state index in [1.54, 1.807) is 0 Å². The van der Waals surface area contributed by atoms with Crippen molar-refractivity contribution in [3.63, 3.8) is 0 Å². The Labute approximate surface area is 194 Å². The van der Waals surface area contributed by atoms with Gasteiger partial charge in [-0.15, -0.1) is 0 Å². The summed E-state index contributed by atoms with van der Waals surface area (Å²) in [6, 6.07) is 15.4. The molecule has 3 heteroatoms. The van der Waals surface area contributed by atoms with Crippen molar-refractivity contribution in [2.45, 2.75) is 71.1 Å². The van der Waals surface area contributed by atoms with Crippen molar-refractivity contribution in [2.24, 2.45) is 5.92 Å². The molecule has 0 radical (unpaired) electrons. The van der Waals surface area contributed by atoms with Gasteiger partial charge in [0.05, 0.1) is 6.54 Å². The van der Waals surface area contributed by atoms with Crippen molar-refractivity contribution in [3.8, 4) is 16.9 Å². The number of nitrogens with one attached hydrogen (secondary N) is 1. The lowest BCUT2D eigenvalue weighted by molar-refractivity contribution is -0.116. The molecule has 3 rings (SSSR count). The Hall–Kier alpha value is -2.55. The third kappa shape index (κ3) is 6.98. The van der Waals surface area contributed by atoms with E-state index in [0.29, 0.717) is 13.2 Å². The summed E-state index contributed by atoms with van der Waals surface area (Å²) in [6.07, 6.45) is 12.3. The molecule has 2 aromatic carbocycles. The number of hydrogen-bond acceptors (Lipinski definition) is 2. The summed E-state index contributed by atoms with van der Waals surface area (Å²) in [5, 5.41) is 2.72. The van der Waals surface area contributed by atoms with Crippen LogP contribution < -0.4 is 10.1 Å². The Kier molecular flexibility index (Phi) is 9.40. The predicted molar refractivity (Wildman–Crippen MR) is 134 cm³/mol. The van der Waals surface area contributed by atoms with Crippen molar-refractivity contribution in [1.29, 1.82) is 0 Å². The number of aryl methyl sites for hydroxylation is 1. The Morgan fingerprint density at radius 1 is 1.09 bits per heavy atom. The van der Waals surface area contributed by atoms with Gasteiger partial charge in [0.2, 0.25) is 5.91 Å². The van der Waals surface area contributed by atoms with Gasteiger partial charge in [-0.1, -0.05) is 69.5 Å². The van der Waals surface area contributed by atoms with Gasteiger partial charge in [-0.25, -0.2) is 0 Å². The summed E-state index contributed by atoms with van der Waals surface area (Å²) in [5.74, 6) is 2.33. The highest BCUT2D eigenvalue weighted by Gasteiger charge is 2.22. The van der Waals surface area contributed by atoms with E-state index in [2.05, 4.69) is 62.1 Å². The molecule has 0 heterocycles. The van der Waals surface area contributed by atoms with E-state index in [1.807, 2.05) is 6.07 Å². The lowest BCUT2D eigenvalue weighted by atomic mass is 9.77. The first kappa shape index (κ1) is 24.1. The fraction of sp³-hybridized carbons (Fsp3) is 0.483. The molecular formula is C29H39NO2. The van der Waals surface area contributed by atoms with Gasteiger partial charge < -0.3 is 10.1 Å². The molecule has 0 aliphatic heterocycles. The summed E-state index contributed by atoms with van der Waals surface area (Å²) in [7, 11) is 0. The second-order valence-electron chi connectivity index (χ2n) is 9.16. The number of carbonyl (C=O) groups is 1. The van der Waals surface area contributed by atoms with Gasteiger partial charge in [0.25, 0.3) is 0 Å². The van der Waals surface area contributed by atoms with Crippen LogP contribution >= 0.6 is 0 Å². The monoisotopic (exact) mass is 433 g/mol. The predicted octanol–water partition coefficient (Wildman–Crippen LogP) is 7.20. The van der Waals surface area contributed by atoms with Gasteiger partial charge in [0, 0.05) is 0 Å². The molecule has 32 heavy (non-hydrogen) atoms. The van der Waals surface area contributed by atoms with Crippen LogP contribution in [0, 0.1) is 12.8 Å². The topological polar surface area (TPSA) is 38.3 Å². The van der Waals surface area contributed by atoms with Crippen molar-refractivity contribution >= 4 is 5.91 Å². The average Bonchev–Trinajstić information content (AvgIpc) is 2.82. The van der Waals surface area contributed by atoms with Crippen molar-refractivity contribution < 1.29 is 9.53 Å². The molecular weight excluding hydrogens is 394 g/mol. The third-order valence-corrected chi connectivity index (χ3v) is 6.81. The van der Waals surface area contributed by atoms with Crippen molar-refractivity contribution in [2.75, 3.05) is 13.2 Å². The van der Waals surface area contributed by atoms with Crippen LogP contribution in [-0.4, -0.2) is 19.1 Å². The maximum atomic E-state index is 11.2. The lowest BCUT2D eigenvalue weighted by Crippen LogP contribution is -2.26. The summed E-state index contributed by atoms with van der Waals surface area (Å²) >= 11 is 0. The van der Waals surface area contributed by atoms with Gasteiger partial charge in [0.15, 0.2) is 0 Å². The zero-order chi connectivity index (χ0) is 22.8. The van der Waals surface area contributed by atoms with Gasteiger partial charge in [-0.3, -0.25) is 4.79 Å². The largest absolute Gasteiger partial charge is 0.492 e. The smallest absolute Gasteiger partial charge is 0.243 e. The van der Waals surface area contributed by atoms with Crippen LogP contribution in [0.5, 0.6) is 5.75 Å². The fourth-order valence-electron chi connectivity index (χ4n) is 4.87. The van der Waals surface area contributed by atoms with E-state index in [9.17, 15) is 4.79 Å². The van der Waals surface area contributed by atoms with Gasteiger partial charge in [-0.05, 0) is 84.9 Å². The van der Waals surface area contributed by atoms with Crippen LogP contribution in [0.25, 0.3) is 11.1 Å². The van der Waals surface area contributed by atoms with Gasteiger partial charge in [0.1, 0.15) is 12.4 Å². The standard InChI is InChI=1S/C29H39NO2/c1-4-6-7-8-23-9-11-24(12-10-23)25-13-15-26(16-14-25)28-18-17-27(21-22(28)3)32-20-19-30-29(31)5-2/h5,13-18,21,23-24H,2,4,6-12,19-20H2,1,3H3,(H,30,31). The molecule has 3 nitrogen and oxygen atoms in total. The second-order valence-corrected chi connectivity index (χ2v) is 9.16. The van der Waals surface area contributed by atoms with Crippen LogP contribution in [0.2, 0.25) is 0 Å². The van der Waals surface area contributed by atoms with Gasteiger partial charge in [-0.2, -0.15) is 0 Å². The number of rotatable bonds is 11. The molecule has 0 bridgehead atoms. The number of carbonyl (C=O) groups excluding carboxylic acids is 1. The molecule has 0 aromatic heterocycles. The number of hydrogen-bond donors (Lipinski definition) is 1. The number of unbranched alkanes of at least 4 members (excludes halogenated alkanes) is 2. The molecule has 1 fully saturated rings. The highest BCUT2D eigenvalue weighted by Crippen LogP contribution is 2.38. The Balaban J connectivity index is 1.52. The van der Waals surface area contributed by atoms with E-state index in [0.717, 1.165) is 17.6 Å². The van der Waals surface area contributed by atoms with E-state index in [1.165, 1.54) is 79.7 Å². The maximum absolute atomic E-state index is 11.2. The second kappa shape index (κ2) is 12.5. The van der Waals surface area contributed by atoms with Crippen LogP contribution in [0.1, 0.15) is 75.3 Å². The minimum absolute atomic E-state index is 0.177. The normalized spacial score (nSPS) is 18.2. The molecule has 1 N–H and O–H groups in total. The lowest BCUT2D eigenvalue weighted by Gasteiger charge is -2.29. The summed E-state index contributed by atoms with van der Waals surface area (Å²) in [5.41, 5.74) is 5.19. The number of benzene rings is 2. The van der Waals surface area contributed by atoms with Crippen LogP contribution in [0.4, 0.5) is 0 Å². The van der Waals surface area contributed by atoms with Crippen molar-refractivity contribution in [3.05, 3.63) is 66.2 Å². The molecule has 1 aliphatic carbocycles. The average molecular weight is 434 g/mol. The van der Waals surface area contributed by atoms with Crippen LogP contribution in [-0.2, 0) is 4.79 Å². The first-order valence-electron chi connectivity index (χ1n) is 12.3. The van der Waals surface area contributed by atoms with Crippen LogP contribution in [0.3, 0.4) is 0 Å². The first-order valence-corrected chi connectivity index (χ1v) is 12.3. The number of ether oxygens (including phenoxy) is 1. The zero-order valence-electron chi connectivity index (χ0n) is 19.9. The Morgan fingerprint density at radius 2 is 1.84 bits per heavy atom. The fourth-order valence-corrected chi connectivity index (χ4v) is 4.87. The molecule has 172 valence electrons. The molecule has 0 atom stereocenters. The minimum Gasteiger partial charge on any atom is -0.492 e. The molecule has 1 amide bonds. The zero-order valence-corrected chi connectivity index (χ0v) is 19.9. The van der Waals surface area contributed by atoms with E-state index >= 15 is 0 Å². The quantitative estimate of drug-likeness (QED) is 0.301. The van der Waals surface area contributed by atoms with E-state index < -0.39 is 0 Å². The number of amides is 1. The Bertz CT molecular complexity index is 863. The Morgan fingerprint density at radius 3 is 2.50 bits per heavy atom. The van der Waals surface area contributed by atoms with E-state index in [4.69, 9.17) is 4.74 Å². The highest BCUT2D eigenvalue weighted by atomic mass is 16.5. The van der Waals surface area contributed by atoms with Crippen LogP contribution in [0.15, 0.2) is 55.1 Å². The molecule has 0 unspecified atom stereocenters. The SMILES string of the molecule is C=CC(=O)NCCOc1ccc(-c2ccc(C3CCC(CCCCC)CC3)cc2)c(C)c1. The first-order chi connectivity index (χ1) is 15.6. The molecule has 1 saturated carbocycles. The molecule has 0 saturated heterocycles. The minimum atomic E-state index is -0.177. The van der Waals surface area contributed by atoms with Crippen molar-refractivity contribution in [1.82, 2.24) is 5.32 Å². The third-order valence-electron chi connectivity index (χ3n) is 6.81. The van der Waals surface area contributed by atoms with Gasteiger partial charge >= 0.3 is 0 Å². The molecule has 2 aromatic rings. The molecule has 1 aliphatic rings. The maximum Gasteiger partial charge on any atom is 0.243 e.